The Labute approximate surface area is 248 Å². The van der Waals surface area contributed by atoms with Crippen LogP contribution in [0.4, 0.5) is 0 Å². The van der Waals surface area contributed by atoms with E-state index in [0.29, 0.717) is 37.8 Å². The van der Waals surface area contributed by atoms with Crippen molar-refractivity contribution in [2.24, 2.45) is 4.99 Å². The molecule has 0 radical (unpaired) electrons. The van der Waals surface area contributed by atoms with Gasteiger partial charge in [0, 0.05) is 5.56 Å². The Hall–Kier alpha value is -4.15. The first kappa shape index (κ1) is 28.4. The number of thiazole rings is 1. The Bertz CT molecular complexity index is 1830. The van der Waals surface area contributed by atoms with Crippen LogP contribution >= 0.6 is 27.3 Å². The summed E-state index contributed by atoms with van der Waals surface area (Å²) < 4.78 is 24.7. The number of halogens is 1. The zero-order valence-electron chi connectivity index (χ0n) is 22.8. The van der Waals surface area contributed by atoms with Gasteiger partial charge in [-0.1, -0.05) is 53.8 Å². The molecule has 1 atom stereocenters. The molecule has 2 heterocycles. The number of ether oxygens (including phenoxy) is 4. The van der Waals surface area contributed by atoms with Crippen LogP contribution in [-0.2, 0) is 9.53 Å². The van der Waals surface area contributed by atoms with Crippen LogP contribution in [0.2, 0.25) is 0 Å². The Kier molecular flexibility index (Phi) is 8.41. The second kappa shape index (κ2) is 12.2. The smallest absolute Gasteiger partial charge is 0.338 e. The second-order valence-corrected chi connectivity index (χ2v) is 10.8. The highest BCUT2D eigenvalue weighted by Gasteiger charge is 2.35. The zero-order chi connectivity index (χ0) is 29.1. The maximum Gasteiger partial charge on any atom is 0.338 e. The first-order valence-electron chi connectivity index (χ1n) is 12.7. The van der Waals surface area contributed by atoms with E-state index < -0.39 is 12.0 Å². The van der Waals surface area contributed by atoms with Crippen LogP contribution in [0.25, 0.3) is 11.8 Å². The van der Waals surface area contributed by atoms with Crippen molar-refractivity contribution in [3.05, 3.63) is 113 Å². The molecule has 0 saturated heterocycles. The minimum atomic E-state index is -0.829. The van der Waals surface area contributed by atoms with Gasteiger partial charge < -0.3 is 18.9 Å². The molecule has 41 heavy (non-hydrogen) atoms. The van der Waals surface area contributed by atoms with Gasteiger partial charge in [0.15, 0.2) is 16.3 Å². The average molecular weight is 636 g/mol. The van der Waals surface area contributed by atoms with E-state index in [9.17, 15) is 9.59 Å². The van der Waals surface area contributed by atoms with Crippen molar-refractivity contribution >= 4 is 45.0 Å². The summed E-state index contributed by atoms with van der Waals surface area (Å²) in [6, 6.07) is 19.5. The molecule has 0 bridgehead atoms. The Balaban J connectivity index is 1.82. The van der Waals surface area contributed by atoms with Gasteiger partial charge in [-0.05, 0) is 64.3 Å². The molecule has 10 heteroatoms. The number of rotatable bonds is 8. The van der Waals surface area contributed by atoms with E-state index in [2.05, 4.69) is 15.9 Å². The number of hydrogen-bond donors (Lipinski definition) is 0. The third kappa shape index (κ3) is 5.45. The van der Waals surface area contributed by atoms with Crippen molar-refractivity contribution in [1.82, 2.24) is 4.57 Å². The highest BCUT2D eigenvalue weighted by molar-refractivity contribution is 9.10. The molecular weight excluding hydrogens is 608 g/mol. The van der Waals surface area contributed by atoms with Crippen LogP contribution in [-0.4, -0.2) is 38.5 Å². The van der Waals surface area contributed by atoms with E-state index in [4.69, 9.17) is 23.9 Å². The maximum atomic E-state index is 14.1. The third-order valence-corrected chi connectivity index (χ3v) is 8.17. The van der Waals surface area contributed by atoms with E-state index in [1.165, 1.54) is 18.4 Å². The molecular formula is C31H27BrN2O6S. The van der Waals surface area contributed by atoms with Crippen molar-refractivity contribution < 1.29 is 23.7 Å². The van der Waals surface area contributed by atoms with Crippen molar-refractivity contribution in [1.29, 1.82) is 0 Å². The highest BCUT2D eigenvalue weighted by Crippen LogP contribution is 2.38. The molecule has 0 aliphatic carbocycles. The van der Waals surface area contributed by atoms with Gasteiger partial charge in [0.2, 0.25) is 0 Å². The molecule has 1 aliphatic heterocycles. The standard InChI is InChI=1S/C31H27BrN2O6S/c1-5-40-30(36)26-27(19-9-7-6-8-10-19)33-31-34(28(26)20-12-14-23(38-3)24(17-20)39-4)29(35)25(41-31)16-18-11-13-22(37-2)21(32)15-18/h6-17,28H,5H2,1-4H3/b25-16-/t28-/m0/s1. The minimum Gasteiger partial charge on any atom is -0.496 e. The lowest BCUT2D eigenvalue weighted by molar-refractivity contribution is -0.138. The molecule has 0 unspecified atom stereocenters. The fourth-order valence-electron chi connectivity index (χ4n) is 4.70. The van der Waals surface area contributed by atoms with Gasteiger partial charge in [0.05, 0.1) is 54.3 Å². The molecule has 0 spiro atoms. The Morgan fingerprint density at radius 1 is 0.976 bits per heavy atom. The number of nitrogens with zero attached hydrogens (tertiary/aromatic N) is 2. The lowest BCUT2D eigenvalue weighted by atomic mass is 9.93. The number of benzene rings is 3. The van der Waals surface area contributed by atoms with E-state index in [0.717, 1.165) is 15.6 Å². The van der Waals surface area contributed by atoms with Crippen LogP contribution in [0.3, 0.4) is 0 Å². The molecule has 4 aromatic rings. The molecule has 0 fully saturated rings. The predicted molar refractivity (Wildman–Crippen MR) is 161 cm³/mol. The molecule has 0 saturated carbocycles. The number of carbonyl (C=O) groups excluding carboxylic acids is 1. The molecule has 8 nitrogen and oxygen atoms in total. The summed E-state index contributed by atoms with van der Waals surface area (Å²) in [5.41, 5.74) is 2.61. The summed E-state index contributed by atoms with van der Waals surface area (Å²) in [5.74, 6) is 1.13. The van der Waals surface area contributed by atoms with Crippen LogP contribution in [0, 0.1) is 0 Å². The summed E-state index contributed by atoms with van der Waals surface area (Å²) in [5, 5.41) is 0. The molecule has 0 N–H and O–H groups in total. The number of carbonyl (C=O) groups is 1. The molecule has 210 valence electrons. The number of fused-ring (bicyclic) bond motifs is 1. The molecule has 1 aromatic heterocycles. The fourth-order valence-corrected chi connectivity index (χ4v) is 6.26. The van der Waals surface area contributed by atoms with Crippen molar-refractivity contribution in [2.45, 2.75) is 13.0 Å². The molecule has 3 aromatic carbocycles. The van der Waals surface area contributed by atoms with Crippen molar-refractivity contribution in [3.8, 4) is 17.2 Å². The van der Waals surface area contributed by atoms with Gasteiger partial charge in [-0.15, -0.1) is 0 Å². The summed E-state index contributed by atoms with van der Waals surface area (Å²) in [6.45, 7) is 1.91. The quantitative estimate of drug-likeness (QED) is 0.261. The summed E-state index contributed by atoms with van der Waals surface area (Å²) in [4.78, 5) is 33.0. The van der Waals surface area contributed by atoms with Crippen LogP contribution in [0.15, 0.2) is 86.6 Å². The largest absolute Gasteiger partial charge is 0.496 e. The van der Waals surface area contributed by atoms with Crippen LogP contribution in [0.1, 0.15) is 29.7 Å². The number of esters is 1. The van der Waals surface area contributed by atoms with E-state index >= 15 is 0 Å². The molecule has 0 amide bonds. The number of aromatic nitrogens is 1. The SMILES string of the molecule is CCOC(=O)C1=C(c2ccccc2)N=c2s/c(=C\c3ccc(OC)c(Br)c3)c(=O)n2[C@H]1c1ccc(OC)c(OC)c1. The first-order chi connectivity index (χ1) is 19.9. The van der Waals surface area contributed by atoms with Gasteiger partial charge >= 0.3 is 5.97 Å². The second-order valence-electron chi connectivity index (χ2n) is 8.94. The van der Waals surface area contributed by atoms with Crippen molar-refractivity contribution in [3.63, 3.8) is 0 Å². The van der Waals surface area contributed by atoms with Gasteiger partial charge in [-0.25, -0.2) is 9.79 Å². The van der Waals surface area contributed by atoms with Gasteiger partial charge in [-0.2, -0.15) is 0 Å². The Morgan fingerprint density at radius 2 is 1.68 bits per heavy atom. The first-order valence-corrected chi connectivity index (χ1v) is 14.3. The lowest BCUT2D eigenvalue weighted by Crippen LogP contribution is -2.40. The van der Waals surface area contributed by atoms with Gasteiger partial charge in [0.25, 0.3) is 5.56 Å². The average Bonchev–Trinajstić information content (AvgIpc) is 3.30. The lowest BCUT2D eigenvalue weighted by Gasteiger charge is -2.26. The molecule has 5 rings (SSSR count). The van der Waals surface area contributed by atoms with E-state index in [1.807, 2.05) is 54.6 Å². The monoisotopic (exact) mass is 634 g/mol. The fraction of sp³-hybridized carbons (Fsp3) is 0.194. The molecule has 1 aliphatic rings. The van der Waals surface area contributed by atoms with E-state index in [-0.39, 0.29) is 17.7 Å². The highest BCUT2D eigenvalue weighted by atomic mass is 79.9. The maximum absolute atomic E-state index is 14.1. The zero-order valence-corrected chi connectivity index (χ0v) is 25.2. The van der Waals surface area contributed by atoms with E-state index in [1.54, 1.807) is 43.9 Å². The van der Waals surface area contributed by atoms with Crippen LogP contribution < -0.4 is 29.1 Å². The summed E-state index contributed by atoms with van der Waals surface area (Å²) in [7, 11) is 4.69. The predicted octanol–water partition coefficient (Wildman–Crippen LogP) is 4.72. The third-order valence-electron chi connectivity index (χ3n) is 6.57. The Morgan fingerprint density at radius 3 is 2.34 bits per heavy atom. The number of methoxy groups -OCH3 is 3. The van der Waals surface area contributed by atoms with Crippen LogP contribution in [0.5, 0.6) is 17.2 Å². The van der Waals surface area contributed by atoms with Crippen molar-refractivity contribution in [2.75, 3.05) is 27.9 Å². The number of hydrogen-bond acceptors (Lipinski definition) is 8. The minimum absolute atomic E-state index is 0.166. The van der Waals surface area contributed by atoms with Gasteiger partial charge in [-0.3, -0.25) is 9.36 Å². The van der Waals surface area contributed by atoms with Gasteiger partial charge in [0.1, 0.15) is 5.75 Å². The topological polar surface area (TPSA) is 88.4 Å². The normalized spacial score (nSPS) is 14.8. The summed E-state index contributed by atoms with van der Waals surface area (Å²) >= 11 is 4.76. The summed E-state index contributed by atoms with van der Waals surface area (Å²) in [6.07, 6.45) is 1.80.